The highest BCUT2D eigenvalue weighted by molar-refractivity contribution is 9.09. The number of hydrogen-bond acceptors (Lipinski definition) is 1. The first kappa shape index (κ1) is 13.1. The van der Waals surface area contributed by atoms with Crippen LogP contribution in [-0.2, 0) is 0 Å². The highest BCUT2D eigenvalue weighted by Gasteiger charge is 2.15. The first-order chi connectivity index (χ1) is 7.56. The van der Waals surface area contributed by atoms with Crippen LogP contribution in [0.5, 0.6) is 0 Å². The molecule has 0 fully saturated rings. The zero-order valence-corrected chi connectivity index (χ0v) is 10.4. The van der Waals surface area contributed by atoms with E-state index in [0.717, 1.165) is 12.5 Å². The summed E-state index contributed by atoms with van der Waals surface area (Å²) in [6.07, 6.45) is 0.839. The van der Waals surface area contributed by atoms with E-state index in [1.54, 1.807) is 0 Å². The van der Waals surface area contributed by atoms with E-state index in [4.69, 9.17) is 0 Å². The van der Waals surface area contributed by atoms with Gasteiger partial charge in [-0.15, -0.1) is 0 Å². The lowest BCUT2D eigenvalue weighted by molar-refractivity contribution is 0.0949. The fourth-order valence-corrected chi connectivity index (χ4v) is 1.28. The zero-order chi connectivity index (χ0) is 12.1. The van der Waals surface area contributed by atoms with E-state index in [-0.39, 0.29) is 10.4 Å². The van der Waals surface area contributed by atoms with Gasteiger partial charge in [0.25, 0.3) is 5.91 Å². The van der Waals surface area contributed by atoms with Gasteiger partial charge in [0, 0.05) is 11.4 Å². The van der Waals surface area contributed by atoms with Crippen LogP contribution in [0.15, 0.2) is 18.2 Å². The molecule has 1 N–H and O–H groups in total. The molecule has 0 aliphatic carbocycles. The second kappa shape index (κ2) is 5.94. The molecule has 1 unspecified atom stereocenters. The Hall–Kier alpha value is -0.970. The summed E-state index contributed by atoms with van der Waals surface area (Å²) in [4.78, 5) is 11.6. The second-order valence-electron chi connectivity index (χ2n) is 3.32. The molecule has 0 aromatic heterocycles. The average Bonchev–Trinajstić information content (AvgIpc) is 2.29. The quantitative estimate of drug-likeness (QED) is 0.849. The number of carbonyl (C=O) groups excluding carboxylic acids is 1. The van der Waals surface area contributed by atoms with Gasteiger partial charge < -0.3 is 5.32 Å². The molecule has 1 aromatic carbocycles. The van der Waals surface area contributed by atoms with Gasteiger partial charge in [0.1, 0.15) is 0 Å². The smallest absolute Gasteiger partial charge is 0.254 e. The van der Waals surface area contributed by atoms with E-state index in [1.165, 1.54) is 12.1 Å². The molecule has 1 rings (SSSR count). The topological polar surface area (TPSA) is 29.1 Å². The molecule has 88 valence electrons. The van der Waals surface area contributed by atoms with E-state index >= 15 is 0 Å². The van der Waals surface area contributed by atoms with E-state index in [9.17, 15) is 13.6 Å². The van der Waals surface area contributed by atoms with Gasteiger partial charge in [0.15, 0.2) is 11.6 Å². The summed E-state index contributed by atoms with van der Waals surface area (Å²) < 4.78 is 26.1. The fraction of sp³-hybridized carbons (Fsp3) is 0.364. The van der Waals surface area contributed by atoms with Crippen molar-refractivity contribution in [2.75, 3.05) is 6.54 Å². The maximum Gasteiger partial charge on any atom is 0.254 e. The normalized spacial score (nSPS) is 12.2. The molecule has 1 aromatic rings. The van der Waals surface area contributed by atoms with Crippen molar-refractivity contribution in [1.82, 2.24) is 5.32 Å². The number of halogens is 3. The van der Waals surface area contributed by atoms with Crippen LogP contribution in [0.25, 0.3) is 0 Å². The van der Waals surface area contributed by atoms with Crippen molar-refractivity contribution in [3.63, 3.8) is 0 Å². The van der Waals surface area contributed by atoms with E-state index in [1.807, 2.05) is 6.92 Å². The molecule has 0 bridgehead atoms. The fourth-order valence-electron chi connectivity index (χ4n) is 1.12. The summed E-state index contributed by atoms with van der Waals surface area (Å²) in [6, 6.07) is 3.53. The Labute approximate surface area is 101 Å². The van der Waals surface area contributed by atoms with Crippen LogP contribution in [0, 0.1) is 11.6 Å². The molecule has 0 saturated carbocycles. The Bertz CT molecular complexity index is 384. The molecule has 0 saturated heterocycles. The van der Waals surface area contributed by atoms with Gasteiger partial charge in [-0.05, 0) is 18.6 Å². The largest absolute Gasteiger partial charge is 0.351 e. The van der Waals surface area contributed by atoms with Crippen molar-refractivity contribution in [3.8, 4) is 0 Å². The molecule has 1 amide bonds. The van der Waals surface area contributed by atoms with Crippen molar-refractivity contribution < 1.29 is 13.6 Å². The molecule has 1 atom stereocenters. The molecule has 0 aliphatic heterocycles. The summed E-state index contributed by atoms with van der Waals surface area (Å²) in [7, 11) is 0. The van der Waals surface area contributed by atoms with Gasteiger partial charge in [0.05, 0.1) is 5.56 Å². The molecule has 5 heteroatoms. The predicted molar refractivity (Wildman–Crippen MR) is 61.7 cm³/mol. The third-order valence-electron chi connectivity index (χ3n) is 2.12. The van der Waals surface area contributed by atoms with Gasteiger partial charge in [0.2, 0.25) is 0 Å². The number of benzene rings is 1. The molecule has 0 heterocycles. The third-order valence-corrected chi connectivity index (χ3v) is 3.09. The van der Waals surface area contributed by atoms with Gasteiger partial charge in [-0.25, -0.2) is 8.78 Å². The summed E-state index contributed by atoms with van der Waals surface area (Å²) in [5, 5.41) is 2.53. The molecule has 0 aliphatic rings. The number of rotatable bonds is 4. The van der Waals surface area contributed by atoms with Gasteiger partial charge in [-0.3, -0.25) is 4.79 Å². The van der Waals surface area contributed by atoms with Gasteiger partial charge >= 0.3 is 0 Å². The Kier molecular flexibility index (Phi) is 4.86. The van der Waals surface area contributed by atoms with Crippen LogP contribution in [0.4, 0.5) is 8.78 Å². The minimum Gasteiger partial charge on any atom is -0.351 e. The Morgan fingerprint density at radius 1 is 1.50 bits per heavy atom. The van der Waals surface area contributed by atoms with E-state index < -0.39 is 17.5 Å². The standard InChI is InChI=1S/C11H12BrF2NO/c1-2-7(12)6-15-11(16)8-4-3-5-9(13)10(8)14/h3-5,7H,2,6H2,1H3,(H,15,16). The lowest BCUT2D eigenvalue weighted by Gasteiger charge is -2.09. The van der Waals surface area contributed by atoms with Crippen molar-refractivity contribution >= 4 is 21.8 Å². The Morgan fingerprint density at radius 2 is 2.19 bits per heavy atom. The molecule has 16 heavy (non-hydrogen) atoms. The minimum atomic E-state index is -1.11. The summed E-state index contributed by atoms with van der Waals surface area (Å²) >= 11 is 3.33. The minimum absolute atomic E-state index is 0.132. The maximum absolute atomic E-state index is 13.2. The van der Waals surface area contributed by atoms with Crippen molar-refractivity contribution in [2.45, 2.75) is 18.2 Å². The number of carbonyl (C=O) groups is 1. The van der Waals surface area contributed by atoms with Crippen molar-refractivity contribution in [2.24, 2.45) is 0 Å². The maximum atomic E-state index is 13.2. The lowest BCUT2D eigenvalue weighted by Crippen LogP contribution is -2.30. The molecular weight excluding hydrogens is 280 g/mol. The van der Waals surface area contributed by atoms with Gasteiger partial charge in [-0.1, -0.05) is 28.9 Å². The van der Waals surface area contributed by atoms with Crippen LogP contribution >= 0.6 is 15.9 Å². The van der Waals surface area contributed by atoms with Crippen LogP contribution in [-0.4, -0.2) is 17.3 Å². The van der Waals surface area contributed by atoms with Crippen molar-refractivity contribution in [1.29, 1.82) is 0 Å². The number of nitrogens with one attached hydrogen (secondary N) is 1. The Balaban J connectivity index is 2.70. The molecule has 0 radical (unpaired) electrons. The number of amides is 1. The molecule has 0 spiro atoms. The average molecular weight is 292 g/mol. The van der Waals surface area contributed by atoms with Gasteiger partial charge in [-0.2, -0.15) is 0 Å². The highest BCUT2D eigenvalue weighted by Crippen LogP contribution is 2.11. The summed E-state index contributed by atoms with van der Waals surface area (Å²) in [5.74, 6) is -2.73. The lowest BCUT2D eigenvalue weighted by atomic mass is 10.2. The van der Waals surface area contributed by atoms with Crippen LogP contribution < -0.4 is 5.32 Å². The van der Waals surface area contributed by atoms with Crippen LogP contribution in [0.1, 0.15) is 23.7 Å². The summed E-state index contributed by atoms with van der Waals surface area (Å²) in [5.41, 5.74) is -0.268. The van der Waals surface area contributed by atoms with E-state index in [0.29, 0.717) is 6.54 Å². The first-order valence-electron chi connectivity index (χ1n) is 4.92. The predicted octanol–water partition coefficient (Wildman–Crippen LogP) is 2.87. The zero-order valence-electron chi connectivity index (χ0n) is 8.77. The first-order valence-corrected chi connectivity index (χ1v) is 5.84. The molecule has 2 nitrogen and oxygen atoms in total. The SMILES string of the molecule is CCC(Br)CNC(=O)c1cccc(F)c1F. The monoisotopic (exact) mass is 291 g/mol. The van der Waals surface area contributed by atoms with E-state index in [2.05, 4.69) is 21.2 Å². The number of hydrogen-bond donors (Lipinski definition) is 1. The summed E-state index contributed by atoms with van der Waals surface area (Å²) in [6.45, 7) is 2.33. The number of alkyl halides is 1. The highest BCUT2D eigenvalue weighted by atomic mass is 79.9. The third kappa shape index (κ3) is 3.27. The molecular formula is C11H12BrF2NO. The van der Waals surface area contributed by atoms with Crippen molar-refractivity contribution in [3.05, 3.63) is 35.4 Å². The van der Waals surface area contributed by atoms with Crippen LogP contribution in [0.2, 0.25) is 0 Å². The Morgan fingerprint density at radius 3 is 2.81 bits per heavy atom. The van der Waals surface area contributed by atoms with Crippen LogP contribution in [0.3, 0.4) is 0 Å². The second-order valence-corrected chi connectivity index (χ2v) is 4.61.